The van der Waals surface area contributed by atoms with Crippen LogP contribution >= 0.6 is 0 Å². The Kier molecular flexibility index (Phi) is 11.7. The molecule has 2 saturated carbocycles. The van der Waals surface area contributed by atoms with Crippen molar-refractivity contribution in [2.24, 2.45) is 34.8 Å². The molecule has 0 bridgehead atoms. The molecule has 2 aliphatic carbocycles. The van der Waals surface area contributed by atoms with Crippen molar-refractivity contribution in [3.05, 3.63) is 58.3 Å². The molecule has 7 heterocycles. The number of nitrogens with one attached hydrogen (secondary N) is 2. The second kappa shape index (κ2) is 17.6. The number of alkyl halides is 2. The molecule has 3 saturated heterocycles. The zero-order valence-corrected chi connectivity index (χ0v) is 36.4. The Labute approximate surface area is 369 Å². The number of carbonyl (C=O) groups excluding carboxylic acids is 3. The van der Waals surface area contributed by atoms with Crippen LogP contribution in [0.5, 0.6) is 0 Å². The number of amides is 3. The summed E-state index contributed by atoms with van der Waals surface area (Å²) in [6, 6.07) is 7.08. The third kappa shape index (κ3) is 8.27. The third-order valence-corrected chi connectivity index (χ3v) is 15.0. The zero-order chi connectivity index (χ0) is 44.1. The molecular formula is C46H57F2N11O5. The predicted molar refractivity (Wildman–Crippen MR) is 236 cm³/mol. The lowest BCUT2D eigenvalue weighted by molar-refractivity contribution is -0.135. The minimum atomic E-state index is -2.87. The molecule has 340 valence electrons. The van der Waals surface area contributed by atoms with Gasteiger partial charge in [0.25, 0.3) is 12.3 Å². The van der Waals surface area contributed by atoms with Crippen molar-refractivity contribution in [1.29, 1.82) is 0 Å². The lowest BCUT2D eigenvalue weighted by Gasteiger charge is -2.48. The van der Waals surface area contributed by atoms with E-state index in [1.165, 1.54) is 10.7 Å². The number of anilines is 1. The van der Waals surface area contributed by atoms with E-state index in [1.807, 2.05) is 18.2 Å². The number of hydrogen-bond donors (Lipinski definition) is 2. The van der Waals surface area contributed by atoms with Crippen molar-refractivity contribution in [1.82, 2.24) is 39.3 Å². The highest BCUT2D eigenvalue weighted by Gasteiger charge is 2.43. The van der Waals surface area contributed by atoms with Crippen molar-refractivity contribution in [2.45, 2.75) is 114 Å². The molecular weight excluding hydrogens is 825 g/mol. The molecule has 64 heavy (non-hydrogen) atoms. The molecule has 6 aliphatic rings. The molecule has 1 aromatic carbocycles. The van der Waals surface area contributed by atoms with Crippen LogP contribution in [0.25, 0.3) is 16.7 Å². The van der Waals surface area contributed by atoms with E-state index in [1.54, 1.807) is 22.4 Å². The van der Waals surface area contributed by atoms with E-state index in [2.05, 4.69) is 41.6 Å². The summed E-state index contributed by atoms with van der Waals surface area (Å²) in [7, 11) is 1.75. The van der Waals surface area contributed by atoms with Crippen molar-refractivity contribution < 1.29 is 27.9 Å². The first kappa shape index (κ1) is 42.6. The third-order valence-electron chi connectivity index (χ3n) is 15.0. The van der Waals surface area contributed by atoms with Gasteiger partial charge in [0, 0.05) is 45.2 Å². The second-order valence-electron chi connectivity index (χ2n) is 19.0. The van der Waals surface area contributed by atoms with Crippen LogP contribution in [0.15, 0.2) is 51.4 Å². The maximum absolute atomic E-state index is 14.3. The fourth-order valence-corrected chi connectivity index (χ4v) is 11.2. The van der Waals surface area contributed by atoms with Gasteiger partial charge >= 0.3 is 5.69 Å². The van der Waals surface area contributed by atoms with Gasteiger partial charge in [0.1, 0.15) is 29.3 Å². The number of piperidine rings is 2. The number of carbonyl (C=O) groups is 3. The Morgan fingerprint density at radius 1 is 1.00 bits per heavy atom. The first-order valence-electron chi connectivity index (χ1n) is 23.3. The predicted octanol–water partition coefficient (Wildman–Crippen LogP) is 4.84. The number of aryl methyl sites for hydroxylation is 2. The average Bonchev–Trinajstić information content (AvgIpc) is 3.98. The van der Waals surface area contributed by atoms with Crippen LogP contribution in [0.1, 0.15) is 105 Å². The van der Waals surface area contributed by atoms with Gasteiger partial charge in [0.2, 0.25) is 11.8 Å². The molecule has 5 fully saturated rings. The van der Waals surface area contributed by atoms with Crippen molar-refractivity contribution in [3.63, 3.8) is 0 Å². The fraction of sp³-hybridized carbons (Fsp3) is 0.609. The first-order chi connectivity index (χ1) is 31.0. The van der Waals surface area contributed by atoms with Crippen LogP contribution < -0.4 is 21.2 Å². The van der Waals surface area contributed by atoms with Gasteiger partial charge in [-0.1, -0.05) is 18.6 Å². The molecule has 16 nitrogen and oxygen atoms in total. The van der Waals surface area contributed by atoms with E-state index >= 15 is 0 Å². The normalized spacial score (nSPS) is 25.5. The highest BCUT2D eigenvalue weighted by Crippen LogP contribution is 2.39. The summed E-state index contributed by atoms with van der Waals surface area (Å²) in [5, 5.41) is 9.34. The lowest BCUT2D eigenvalue weighted by Crippen LogP contribution is -2.56. The van der Waals surface area contributed by atoms with Crippen LogP contribution in [-0.2, 0) is 27.8 Å². The van der Waals surface area contributed by atoms with Gasteiger partial charge in [-0.05, 0) is 120 Å². The number of fused-ring (bicyclic) bond motifs is 2. The van der Waals surface area contributed by atoms with Crippen LogP contribution in [-0.4, -0.2) is 115 Å². The fourth-order valence-electron chi connectivity index (χ4n) is 11.2. The van der Waals surface area contributed by atoms with Crippen LogP contribution in [0.4, 0.5) is 14.6 Å². The molecule has 3 aromatic heterocycles. The van der Waals surface area contributed by atoms with Crippen LogP contribution in [0.3, 0.4) is 0 Å². The number of aromatic nitrogens is 5. The van der Waals surface area contributed by atoms with E-state index < -0.39 is 36.2 Å². The number of aliphatic imine (C=N–C) groups is 2. The van der Waals surface area contributed by atoms with Crippen LogP contribution in [0.2, 0.25) is 0 Å². The van der Waals surface area contributed by atoms with Gasteiger partial charge < -0.3 is 19.9 Å². The molecule has 10 rings (SSSR count). The Balaban J connectivity index is 0.692. The number of nitrogens with zero attached hydrogens (tertiary/aromatic N) is 9. The smallest absolute Gasteiger partial charge is 0.329 e. The zero-order valence-electron chi connectivity index (χ0n) is 36.4. The number of rotatable bonds is 11. The highest BCUT2D eigenvalue weighted by atomic mass is 19.3. The van der Waals surface area contributed by atoms with Gasteiger partial charge in [0.15, 0.2) is 11.5 Å². The summed E-state index contributed by atoms with van der Waals surface area (Å²) in [5.74, 6) is 0.425. The van der Waals surface area contributed by atoms with Gasteiger partial charge in [-0.2, -0.15) is 5.10 Å². The maximum atomic E-state index is 14.3. The minimum absolute atomic E-state index is 0.0306. The summed E-state index contributed by atoms with van der Waals surface area (Å²) in [5.41, 5.74) is 2.37. The quantitative estimate of drug-likeness (QED) is 0.200. The topological polar surface area (TPSA) is 173 Å². The summed E-state index contributed by atoms with van der Waals surface area (Å²) in [4.78, 5) is 69.9. The molecule has 4 aromatic rings. The number of para-hydroxylation sites is 1. The molecule has 1 spiro atoms. The van der Waals surface area contributed by atoms with E-state index in [4.69, 9.17) is 9.72 Å². The summed E-state index contributed by atoms with van der Waals surface area (Å²) >= 11 is 0. The van der Waals surface area contributed by atoms with E-state index in [0.717, 1.165) is 126 Å². The number of likely N-dealkylation sites (tertiary alicyclic amines) is 1. The number of ether oxygens (including phenoxy) is 1. The molecule has 0 radical (unpaired) electrons. The Morgan fingerprint density at radius 2 is 1.81 bits per heavy atom. The van der Waals surface area contributed by atoms with E-state index in [9.17, 15) is 28.0 Å². The Bertz CT molecular complexity index is 2560. The van der Waals surface area contributed by atoms with E-state index in [-0.39, 0.29) is 40.9 Å². The Morgan fingerprint density at radius 3 is 2.56 bits per heavy atom. The van der Waals surface area contributed by atoms with Crippen LogP contribution in [0, 0.1) is 17.8 Å². The largest absolute Gasteiger partial charge is 0.371 e. The molecule has 4 aliphatic heterocycles. The van der Waals surface area contributed by atoms with Crippen molar-refractivity contribution in [2.75, 3.05) is 44.2 Å². The van der Waals surface area contributed by atoms with Crippen molar-refractivity contribution >= 4 is 51.8 Å². The lowest BCUT2D eigenvalue weighted by atomic mass is 9.79. The van der Waals surface area contributed by atoms with Gasteiger partial charge in [-0.3, -0.25) is 33.8 Å². The van der Waals surface area contributed by atoms with Gasteiger partial charge in [0.05, 0.1) is 29.4 Å². The summed E-state index contributed by atoms with van der Waals surface area (Å²) < 4.78 is 39.5. The average molecular weight is 882 g/mol. The van der Waals surface area contributed by atoms with E-state index in [0.29, 0.717) is 37.1 Å². The number of hydrogen-bond acceptors (Lipinski definition) is 11. The number of benzene rings is 1. The first-order valence-corrected chi connectivity index (χ1v) is 23.3. The standard InChI is InChI=1S/C46H57F2N11O5/c1-55-38-30(7-3-8-33(38)59(45(55)63)34-13-14-36(60)51-44(34)62)6-2-5-28-15-20-56(21-16-28)26-29-9-11-31(12-10-29)40-52-37(39(47)48)41(53-40)54-43(61)32-25-49-58-22-17-35(50-42(32)58)57-23-24-64-46(27-57)18-4-19-46/h3,7-8,17,22,25,28-29,31,34,39-40H,2,4-6,9-16,18-21,23-24,26-27H2,1H3,(H,51,60,62)(H,53,54,61). The molecule has 2 N–H and O–H groups in total. The molecule has 2 unspecified atom stereocenters. The molecule has 2 atom stereocenters. The highest BCUT2D eigenvalue weighted by molar-refractivity contribution is 6.46. The Hall–Kier alpha value is -5.36. The summed E-state index contributed by atoms with van der Waals surface area (Å²) in [6.45, 7) is 5.18. The monoisotopic (exact) mass is 881 g/mol. The molecule has 3 amide bonds. The maximum Gasteiger partial charge on any atom is 0.329 e. The number of imide groups is 1. The molecule has 18 heteroatoms. The number of morpholine rings is 1. The van der Waals surface area contributed by atoms with Gasteiger partial charge in [-0.25, -0.2) is 28.1 Å². The number of imidazole rings is 1. The van der Waals surface area contributed by atoms with Crippen molar-refractivity contribution in [3.8, 4) is 0 Å². The SMILES string of the molecule is Cn1c(=O)n(C2CCC(=O)NC2=O)c2cccc(CCCC3CCN(CC4CCC(C5N=C(NC(=O)c6cnn7ccc(N8CCOC9(CCC9)C8)nc67)C(C(F)F)=N5)CC4)CC3)c21. The number of amidine groups is 1. The number of halogens is 2. The second-order valence-corrected chi connectivity index (χ2v) is 19.0. The minimum Gasteiger partial charge on any atom is -0.371 e. The van der Waals surface area contributed by atoms with Gasteiger partial charge in [-0.15, -0.1) is 0 Å². The summed E-state index contributed by atoms with van der Waals surface area (Å²) in [6.07, 6.45) is 12.3.